The van der Waals surface area contributed by atoms with Gasteiger partial charge in [-0.3, -0.25) is 4.90 Å². The summed E-state index contributed by atoms with van der Waals surface area (Å²) in [7, 11) is 0. The average molecular weight is 425 g/mol. The number of phenols is 1. The van der Waals surface area contributed by atoms with E-state index in [-0.39, 0.29) is 17.7 Å². The van der Waals surface area contributed by atoms with Gasteiger partial charge in [-0.25, -0.2) is 13.6 Å². The first kappa shape index (κ1) is 20.8. The van der Waals surface area contributed by atoms with E-state index in [4.69, 9.17) is 4.74 Å². The molecular weight excluding hydrogens is 404 g/mol. The Morgan fingerprint density at radius 1 is 1.00 bits per heavy atom. The molecule has 31 heavy (non-hydrogen) atoms. The molecular formula is C24H21F2NO4. The van der Waals surface area contributed by atoms with Crippen molar-refractivity contribution in [1.29, 1.82) is 0 Å². The number of halogens is 2. The fourth-order valence-electron chi connectivity index (χ4n) is 3.89. The molecule has 1 fully saturated rings. The van der Waals surface area contributed by atoms with Crippen LogP contribution in [0.2, 0.25) is 0 Å². The Kier molecular flexibility index (Phi) is 5.86. The number of amides is 1. The summed E-state index contributed by atoms with van der Waals surface area (Å²) >= 11 is 0. The van der Waals surface area contributed by atoms with E-state index in [1.807, 2.05) is 30.3 Å². The first-order chi connectivity index (χ1) is 15.0. The number of carbonyl (C=O) groups excluding carboxylic acids is 1. The summed E-state index contributed by atoms with van der Waals surface area (Å²) < 4.78 is 33.4. The van der Waals surface area contributed by atoms with Gasteiger partial charge in [-0.2, -0.15) is 0 Å². The molecule has 0 unspecified atom stereocenters. The standard InChI is InChI=1S/C24H21F2NO4/c25-16-8-4-9-17(14-16)27-21(18-10-5-11-19(26)22(18)29)23(31-24(27)30)20(28)13-12-15-6-2-1-3-7-15/h1-11,14,20-21,23,28-29H,12-13H2/t20-,21-,23-/m1/s1. The van der Waals surface area contributed by atoms with Crippen LogP contribution in [0.3, 0.4) is 0 Å². The van der Waals surface area contributed by atoms with Gasteiger partial charge in [0.15, 0.2) is 17.7 Å². The lowest BCUT2D eigenvalue weighted by Gasteiger charge is -2.28. The van der Waals surface area contributed by atoms with Crippen LogP contribution in [0, 0.1) is 11.6 Å². The molecule has 5 nitrogen and oxygen atoms in total. The number of phenolic OH excluding ortho intramolecular Hbond substituents is 1. The van der Waals surface area contributed by atoms with Gasteiger partial charge in [0.05, 0.1) is 11.8 Å². The molecule has 3 aromatic rings. The van der Waals surface area contributed by atoms with Gasteiger partial charge >= 0.3 is 6.09 Å². The summed E-state index contributed by atoms with van der Waals surface area (Å²) in [5.74, 6) is -2.08. The number of hydrogen-bond donors (Lipinski definition) is 2. The highest BCUT2D eigenvalue weighted by Gasteiger charge is 2.48. The van der Waals surface area contributed by atoms with Crippen LogP contribution < -0.4 is 4.90 Å². The van der Waals surface area contributed by atoms with Crippen molar-refractivity contribution in [3.63, 3.8) is 0 Å². The Hall–Kier alpha value is -3.45. The maximum absolute atomic E-state index is 14.1. The number of aryl methyl sites for hydroxylation is 1. The van der Waals surface area contributed by atoms with Crippen molar-refractivity contribution in [2.24, 2.45) is 0 Å². The lowest BCUT2D eigenvalue weighted by atomic mass is 9.93. The molecule has 0 aromatic heterocycles. The Balaban J connectivity index is 1.69. The zero-order valence-electron chi connectivity index (χ0n) is 16.5. The number of cyclic esters (lactones) is 1. The molecule has 1 heterocycles. The number of anilines is 1. The number of para-hydroxylation sites is 1. The molecule has 1 saturated heterocycles. The average Bonchev–Trinajstić information content (AvgIpc) is 3.11. The number of hydrogen-bond acceptors (Lipinski definition) is 4. The van der Waals surface area contributed by atoms with Gasteiger partial charge in [0.2, 0.25) is 0 Å². The highest BCUT2D eigenvalue weighted by atomic mass is 19.1. The van der Waals surface area contributed by atoms with Crippen LogP contribution in [-0.2, 0) is 11.2 Å². The highest BCUT2D eigenvalue weighted by molar-refractivity contribution is 5.91. The SMILES string of the molecule is O=C1O[C@H]([C@H](O)CCc2ccccc2)[C@@H](c2cccc(F)c2O)N1c1cccc(F)c1. The van der Waals surface area contributed by atoms with Gasteiger partial charge in [-0.1, -0.05) is 48.5 Å². The molecule has 3 aromatic carbocycles. The molecule has 3 atom stereocenters. The number of rotatable bonds is 6. The Labute approximate surface area is 178 Å². The predicted molar refractivity (Wildman–Crippen MR) is 111 cm³/mol. The van der Waals surface area contributed by atoms with Crippen LogP contribution >= 0.6 is 0 Å². The van der Waals surface area contributed by atoms with Crippen LogP contribution in [0.25, 0.3) is 0 Å². The first-order valence-electron chi connectivity index (χ1n) is 9.90. The molecule has 0 aliphatic carbocycles. The van der Waals surface area contributed by atoms with Crippen LogP contribution in [0.1, 0.15) is 23.6 Å². The molecule has 1 amide bonds. The zero-order valence-corrected chi connectivity index (χ0v) is 16.5. The van der Waals surface area contributed by atoms with E-state index in [1.54, 1.807) is 0 Å². The molecule has 0 bridgehead atoms. The maximum atomic E-state index is 14.1. The molecule has 7 heteroatoms. The number of carbonyl (C=O) groups is 1. The van der Waals surface area contributed by atoms with E-state index in [0.29, 0.717) is 6.42 Å². The molecule has 1 aliphatic heterocycles. The molecule has 2 N–H and O–H groups in total. The predicted octanol–water partition coefficient (Wildman–Crippen LogP) is 4.73. The second kappa shape index (κ2) is 8.73. The minimum atomic E-state index is -1.10. The molecule has 160 valence electrons. The zero-order chi connectivity index (χ0) is 22.0. The van der Waals surface area contributed by atoms with Gasteiger partial charge in [0, 0.05) is 5.56 Å². The second-order valence-corrected chi connectivity index (χ2v) is 7.41. The van der Waals surface area contributed by atoms with E-state index in [2.05, 4.69) is 0 Å². The lowest BCUT2D eigenvalue weighted by molar-refractivity contribution is 0.0143. The number of aliphatic hydroxyl groups excluding tert-OH is 1. The van der Waals surface area contributed by atoms with Crippen LogP contribution in [0.4, 0.5) is 19.3 Å². The fraction of sp³-hybridized carbons (Fsp3) is 0.208. The monoisotopic (exact) mass is 425 g/mol. The Morgan fingerprint density at radius 3 is 2.48 bits per heavy atom. The van der Waals surface area contributed by atoms with E-state index >= 15 is 0 Å². The summed E-state index contributed by atoms with van der Waals surface area (Å²) in [6.45, 7) is 0. The minimum absolute atomic E-state index is 0.0684. The van der Waals surface area contributed by atoms with Crippen molar-refractivity contribution in [3.05, 3.63) is 95.6 Å². The van der Waals surface area contributed by atoms with Crippen LogP contribution in [0.5, 0.6) is 5.75 Å². The topological polar surface area (TPSA) is 70.0 Å². The summed E-state index contributed by atoms with van der Waals surface area (Å²) in [6, 6.07) is 17.7. The van der Waals surface area contributed by atoms with Gasteiger partial charge < -0.3 is 14.9 Å². The number of aliphatic hydroxyl groups is 1. The molecule has 0 spiro atoms. The second-order valence-electron chi connectivity index (χ2n) is 7.41. The van der Waals surface area contributed by atoms with E-state index in [9.17, 15) is 23.8 Å². The van der Waals surface area contributed by atoms with Crippen molar-refractivity contribution in [1.82, 2.24) is 0 Å². The molecule has 4 rings (SSSR count). The van der Waals surface area contributed by atoms with Gasteiger partial charge in [0.1, 0.15) is 11.9 Å². The van der Waals surface area contributed by atoms with Gasteiger partial charge in [-0.15, -0.1) is 0 Å². The smallest absolute Gasteiger partial charge is 0.415 e. The third-order valence-electron chi connectivity index (χ3n) is 5.40. The number of ether oxygens (including phenoxy) is 1. The van der Waals surface area contributed by atoms with Crippen molar-refractivity contribution in [2.75, 3.05) is 4.90 Å². The van der Waals surface area contributed by atoms with Crippen LogP contribution in [-0.4, -0.2) is 28.5 Å². The quantitative estimate of drug-likeness (QED) is 0.599. The number of aromatic hydroxyl groups is 1. The summed E-state index contributed by atoms with van der Waals surface area (Å²) in [6.07, 6.45) is -2.21. The van der Waals surface area contributed by atoms with Crippen molar-refractivity contribution in [2.45, 2.75) is 31.1 Å². The third-order valence-corrected chi connectivity index (χ3v) is 5.40. The summed E-state index contributed by atoms with van der Waals surface area (Å²) in [5.41, 5.74) is 1.24. The van der Waals surface area contributed by atoms with Crippen molar-refractivity contribution in [3.8, 4) is 5.75 Å². The summed E-state index contributed by atoms with van der Waals surface area (Å²) in [4.78, 5) is 13.9. The normalized spacial score (nSPS) is 19.3. The van der Waals surface area contributed by atoms with Gasteiger partial charge in [-0.05, 0) is 42.7 Å². The van der Waals surface area contributed by atoms with Crippen molar-refractivity contribution < 1.29 is 28.5 Å². The lowest BCUT2D eigenvalue weighted by Crippen LogP contribution is -2.35. The van der Waals surface area contributed by atoms with Crippen molar-refractivity contribution >= 4 is 11.8 Å². The van der Waals surface area contributed by atoms with E-state index in [1.165, 1.54) is 30.3 Å². The van der Waals surface area contributed by atoms with E-state index in [0.717, 1.165) is 22.6 Å². The van der Waals surface area contributed by atoms with E-state index < -0.39 is 41.7 Å². The Bertz CT molecular complexity index is 1080. The first-order valence-corrected chi connectivity index (χ1v) is 9.90. The minimum Gasteiger partial charge on any atom is -0.505 e. The molecule has 0 radical (unpaired) electrons. The molecule has 1 aliphatic rings. The fourth-order valence-corrected chi connectivity index (χ4v) is 3.89. The third kappa shape index (κ3) is 4.22. The maximum Gasteiger partial charge on any atom is 0.415 e. The molecule has 0 saturated carbocycles. The Morgan fingerprint density at radius 2 is 1.74 bits per heavy atom. The van der Waals surface area contributed by atoms with Gasteiger partial charge in [0.25, 0.3) is 0 Å². The summed E-state index contributed by atoms with van der Waals surface area (Å²) in [5, 5.41) is 21.2. The highest BCUT2D eigenvalue weighted by Crippen LogP contribution is 2.43. The number of nitrogens with zero attached hydrogens (tertiary/aromatic N) is 1. The number of benzene rings is 3. The largest absolute Gasteiger partial charge is 0.505 e. The van der Waals surface area contributed by atoms with Crippen LogP contribution in [0.15, 0.2) is 72.8 Å².